The summed E-state index contributed by atoms with van der Waals surface area (Å²) in [6.07, 6.45) is 2.84. The molecule has 0 unspecified atom stereocenters. The third-order valence-corrected chi connectivity index (χ3v) is 6.45. The topological polar surface area (TPSA) is 86.7 Å². The van der Waals surface area contributed by atoms with E-state index in [9.17, 15) is 14.3 Å². The molecule has 1 atom stereocenters. The van der Waals surface area contributed by atoms with E-state index in [-0.39, 0.29) is 24.3 Å². The van der Waals surface area contributed by atoms with Gasteiger partial charge in [0.15, 0.2) is 0 Å². The van der Waals surface area contributed by atoms with Crippen molar-refractivity contribution in [2.75, 3.05) is 38.6 Å². The van der Waals surface area contributed by atoms with Crippen LogP contribution < -0.4 is 15.4 Å². The van der Waals surface area contributed by atoms with Gasteiger partial charge in [-0.1, -0.05) is 6.07 Å². The number of pyridine rings is 1. The van der Waals surface area contributed by atoms with Crippen LogP contribution in [0.1, 0.15) is 30.1 Å². The molecule has 3 N–H and O–H groups in total. The lowest BCUT2D eigenvalue weighted by Gasteiger charge is -2.33. The Morgan fingerprint density at radius 1 is 1.26 bits per heavy atom. The van der Waals surface area contributed by atoms with E-state index >= 15 is 0 Å². The zero-order valence-electron chi connectivity index (χ0n) is 19.6. The fourth-order valence-corrected chi connectivity index (χ4v) is 4.40. The Morgan fingerprint density at radius 3 is 2.82 bits per heavy atom. The number of methoxy groups -OCH3 is 1. The van der Waals surface area contributed by atoms with E-state index in [1.807, 2.05) is 24.3 Å². The van der Waals surface area contributed by atoms with E-state index in [4.69, 9.17) is 4.74 Å². The van der Waals surface area contributed by atoms with E-state index in [0.29, 0.717) is 17.8 Å². The van der Waals surface area contributed by atoms with Crippen molar-refractivity contribution in [2.24, 2.45) is 0 Å². The van der Waals surface area contributed by atoms with E-state index in [1.54, 1.807) is 32.4 Å². The van der Waals surface area contributed by atoms with Crippen LogP contribution in [-0.4, -0.2) is 60.2 Å². The molecule has 1 aliphatic heterocycles. The van der Waals surface area contributed by atoms with Gasteiger partial charge in [-0.2, -0.15) is 0 Å². The lowest BCUT2D eigenvalue weighted by Crippen LogP contribution is -2.45. The van der Waals surface area contributed by atoms with Gasteiger partial charge >= 0.3 is 0 Å². The molecule has 1 amide bonds. The maximum atomic E-state index is 13.7. The van der Waals surface area contributed by atoms with E-state index < -0.39 is 6.10 Å². The third kappa shape index (κ3) is 5.70. The summed E-state index contributed by atoms with van der Waals surface area (Å²) >= 11 is 0. The van der Waals surface area contributed by atoms with Crippen LogP contribution in [-0.2, 0) is 4.79 Å². The number of nitrogens with zero attached hydrogens (tertiary/aromatic N) is 2. The molecule has 7 nitrogen and oxygen atoms in total. The number of nitrogens with one attached hydrogen (secondary N) is 2. The fraction of sp³-hybridized carbons (Fsp3) is 0.385. The monoisotopic (exact) mass is 466 g/mol. The van der Waals surface area contributed by atoms with Gasteiger partial charge < -0.3 is 25.4 Å². The van der Waals surface area contributed by atoms with Crippen LogP contribution in [0.25, 0.3) is 10.9 Å². The van der Waals surface area contributed by atoms with E-state index in [0.717, 1.165) is 48.1 Å². The number of aliphatic hydroxyl groups is 1. The summed E-state index contributed by atoms with van der Waals surface area (Å²) < 4.78 is 19.0. The number of carbonyl (C=O) groups is 1. The second-order valence-electron chi connectivity index (χ2n) is 8.72. The molecule has 180 valence electrons. The predicted octanol–water partition coefficient (Wildman–Crippen LogP) is 3.42. The number of rotatable bonds is 8. The fourth-order valence-electron chi connectivity index (χ4n) is 4.40. The number of likely N-dealkylation sites (tertiary alicyclic amines) is 1. The number of benzene rings is 2. The van der Waals surface area contributed by atoms with Gasteiger partial charge in [-0.15, -0.1) is 0 Å². The number of hydrogen-bond donors (Lipinski definition) is 3. The molecule has 2 aromatic carbocycles. The number of piperidine rings is 1. The van der Waals surface area contributed by atoms with Crippen molar-refractivity contribution in [3.63, 3.8) is 0 Å². The summed E-state index contributed by atoms with van der Waals surface area (Å²) in [7, 11) is 1.62. The molecule has 0 saturated carbocycles. The normalized spacial score (nSPS) is 15.9. The Kier molecular flexibility index (Phi) is 7.72. The molecule has 0 spiro atoms. The van der Waals surface area contributed by atoms with Gasteiger partial charge in [0, 0.05) is 35.4 Å². The molecule has 1 aliphatic rings. The minimum atomic E-state index is -0.637. The van der Waals surface area contributed by atoms with Crippen molar-refractivity contribution < 1.29 is 19.0 Å². The van der Waals surface area contributed by atoms with Crippen LogP contribution in [0, 0.1) is 12.7 Å². The first kappa shape index (κ1) is 24.1. The van der Waals surface area contributed by atoms with Crippen LogP contribution in [0.5, 0.6) is 5.75 Å². The van der Waals surface area contributed by atoms with Crippen molar-refractivity contribution in [2.45, 2.75) is 31.9 Å². The summed E-state index contributed by atoms with van der Waals surface area (Å²) in [5.41, 5.74) is 2.60. The molecule has 3 aromatic rings. The Morgan fingerprint density at radius 2 is 2.06 bits per heavy atom. The number of ether oxygens (including phenoxy) is 1. The van der Waals surface area contributed by atoms with Crippen molar-refractivity contribution >= 4 is 22.5 Å². The average Bonchev–Trinajstić information content (AvgIpc) is 2.85. The van der Waals surface area contributed by atoms with Gasteiger partial charge in [0.05, 0.1) is 25.3 Å². The number of fused-ring (bicyclic) bond motifs is 1. The highest BCUT2D eigenvalue weighted by Gasteiger charge is 2.23. The Bertz CT molecular complexity index is 1150. The van der Waals surface area contributed by atoms with Gasteiger partial charge in [-0.05, 0) is 74.8 Å². The Hall–Kier alpha value is -3.07. The first-order valence-corrected chi connectivity index (χ1v) is 11.6. The highest BCUT2D eigenvalue weighted by atomic mass is 19.1. The van der Waals surface area contributed by atoms with Crippen LogP contribution in [0.2, 0.25) is 0 Å². The van der Waals surface area contributed by atoms with Crippen molar-refractivity contribution in [1.82, 2.24) is 15.2 Å². The standard InChI is InChI=1S/C26H31FN4O3/c1-17-22(27)4-3-5-23(17)30-26(33)15-29-18-9-12-31(13-10-18)16-25(32)20-8-11-28-24-7-6-19(34-2)14-21(20)24/h3-8,11,14,18,25,29,32H,9-10,12-13,15-16H2,1-2H3,(H,30,33)/t25-/m0/s1. The number of aliphatic hydroxyl groups excluding tert-OH is 1. The zero-order valence-corrected chi connectivity index (χ0v) is 19.6. The van der Waals surface area contributed by atoms with Gasteiger partial charge in [0.1, 0.15) is 11.6 Å². The predicted molar refractivity (Wildman–Crippen MR) is 130 cm³/mol. The van der Waals surface area contributed by atoms with Crippen molar-refractivity contribution in [3.8, 4) is 5.75 Å². The van der Waals surface area contributed by atoms with Gasteiger partial charge in [-0.25, -0.2) is 4.39 Å². The minimum absolute atomic E-state index is 0.175. The van der Waals surface area contributed by atoms with Crippen molar-refractivity contribution in [1.29, 1.82) is 0 Å². The molecule has 8 heteroatoms. The molecule has 1 aromatic heterocycles. The molecule has 2 heterocycles. The van der Waals surface area contributed by atoms with Crippen molar-refractivity contribution in [3.05, 3.63) is 65.6 Å². The average molecular weight is 467 g/mol. The first-order valence-electron chi connectivity index (χ1n) is 11.6. The smallest absolute Gasteiger partial charge is 0.238 e. The van der Waals surface area contributed by atoms with Crippen LogP contribution in [0.15, 0.2) is 48.7 Å². The third-order valence-electron chi connectivity index (χ3n) is 6.45. The first-order chi connectivity index (χ1) is 16.4. The molecule has 0 aliphatic carbocycles. The molecular weight excluding hydrogens is 435 g/mol. The van der Waals surface area contributed by atoms with Gasteiger partial charge in [-0.3, -0.25) is 9.78 Å². The number of β-amino-alcohol motifs (C(OH)–C–C–N with tert-alkyl or cyclic N) is 1. The molecule has 0 radical (unpaired) electrons. The quantitative estimate of drug-likeness (QED) is 0.472. The SMILES string of the molecule is COc1ccc2nccc([C@@H](O)CN3CCC(NCC(=O)Nc4cccc(F)c4C)CC3)c2c1. The summed E-state index contributed by atoms with van der Waals surface area (Å²) in [6.45, 7) is 4.00. The second kappa shape index (κ2) is 10.9. The Balaban J connectivity index is 1.26. The second-order valence-corrected chi connectivity index (χ2v) is 8.72. The molecule has 4 rings (SSSR count). The molecular formula is C26H31FN4O3. The maximum Gasteiger partial charge on any atom is 0.238 e. The molecule has 34 heavy (non-hydrogen) atoms. The summed E-state index contributed by atoms with van der Waals surface area (Å²) in [5, 5.41) is 17.9. The lowest BCUT2D eigenvalue weighted by molar-refractivity contribution is -0.115. The largest absolute Gasteiger partial charge is 0.497 e. The van der Waals surface area contributed by atoms with Crippen LogP contribution in [0.3, 0.4) is 0 Å². The summed E-state index contributed by atoms with van der Waals surface area (Å²) in [5.74, 6) is 0.211. The minimum Gasteiger partial charge on any atom is -0.497 e. The summed E-state index contributed by atoms with van der Waals surface area (Å²) in [4.78, 5) is 18.9. The number of halogens is 1. The number of hydrogen-bond acceptors (Lipinski definition) is 6. The van der Waals surface area contributed by atoms with E-state index in [2.05, 4.69) is 20.5 Å². The molecule has 0 bridgehead atoms. The number of anilines is 1. The highest BCUT2D eigenvalue weighted by Crippen LogP contribution is 2.27. The number of carbonyl (C=O) groups excluding carboxylic acids is 1. The zero-order chi connectivity index (χ0) is 24.1. The lowest BCUT2D eigenvalue weighted by atomic mass is 10.0. The molecule has 1 saturated heterocycles. The highest BCUT2D eigenvalue weighted by molar-refractivity contribution is 5.93. The summed E-state index contributed by atoms with van der Waals surface area (Å²) in [6, 6.07) is 12.4. The molecule has 1 fully saturated rings. The Labute approximate surface area is 198 Å². The van der Waals surface area contributed by atoms with Crippen LogP contribution >= 0.6 is 0 Å². The van der Waals surface area contributed by atoms with E-state index in [1.165, 1.54) is 6.07 Å². The van der Waals surface area contributed by atoms with Gasteiger partial charge in [0.2, 0.25) is 5.91 Å². The maximum absolute atomic E-state index is 13.7. The van der Waals surface area contributed by atoms with Crippen LogP contribution in [0.4, 0.5) is 10.1 Å². The number of amides is 1. The van der Waals surface area contributed by atoms with Gasteiger partial charge in [0.25, 0.3) is 0 Å². The number of aromatic nitrogens is 1.